The lowest BCUT2D eigenvalue weighted by atomic mass is 10.1. The Balaban J connectivity index is 1.25. The first-order valence-corrected chi connectivity index (χ1v) is 16.6. The summed E-state index contributed by atoms with van der Waals surface area (Å²) in [7, 11) is 6.89. The zero-order valence-corrected chi connectivity index (χ0v) is 30.9. The average Bonchev–Trinajstić information content (AvgIpc) is 3.16. The van der Waals surface area contributed by atoms with Gasteiger partial charge in [0.15, 0.2) is 36.2 Å². The van der Waals surface area contributed by atoms with E-state index in [9.17, 15) is 35.9 Å². The predicted octanol–water partition coefficient (Wildman–Crippen LogP) is 7.02. The molecule has 0 unspecified atom stereocenters. The van der Waals surface area contributed by atoms with E-state index >= 15 is 0 Å². The Morgan fingerprint density at radius 1 is 0.607 bits per heavy atom. The van der Waals surface area contributed by atoms with Crippen molar-refractivity contribution in [3.05, 3.63) is 60.9 Å². The summed E-state index contributed by atoms with van der Waals surface area (Å²) in [6.45, 7) is -2.37. The molecule has 302 valence electrons. The van der Waals surface area contributed by atoms with Gasteiger partial charge in [0.2, 0.25) is 23.3 Å². The van der Waals surface area contributed by atoms with Crippen molar-refractivity contribution in [1.82, 2.24) is 14.9 Å². The number of aromatic nitrogens is 2. The molecule has 56 heavy (non-hydrogen) atoms. The Kier molecular flexibility index (Phi) is 14.5. The fourth-order valence-electron chi connectivity index (χ4n) is 5.07. The fraction of sp³-hybridized carbons (Fsp3) is 0.351. The van der Waals surface area contributed by atoms with E-state index in [-0.39, 0.29) is 59.2 Å². The molecule has 2 heterocycles. The highest BCUT2D eigenvalue weighted by atomic mass is 19.4. The van der Waals surface area contributed by atoms with Crippen LogP contribution in [0.2, 0.25) is 0 Å². The standard InChI is InChI=1S/C37H39F6N5O8/c1-48(12-10-32(49)46-24-6-8-26(44-18-24)22-14-28(51-2)34(29(15-22)52-3)55-20-36(38,39)40)13-11-33(50)47-25-7-9-27(45-19-25)23-16-30(53-4)35(31(17-23)54-5)56-21-37(41,42)43/h6-9,14-19H,10-13,20-21H2,1-5H3,(H,46,49)(H,47,50). The van der Waals surface area contributed by atoms with E-state index in [1.54, 1.807) is 31.3 Å². The van der Waals surface area contributed by atoms with E-state index < -0.39 is 25.6 Å². The molecule has 0 aliphatic heterocycles. The van der Waals surface area contributed by atoms with Crippen molar-refractivity contribution in [2.45, 2.75) is 25.2 Å². The topological polar surface area (TPSA) is 143 Å². The minimum absolute atomic E-state index is 0.0179. The van der Waals surface area contributed by atoms with Gasteiger partial charge in [-0.1, -0.05) is 0 Å². The van der Waals surface area contributed by atoms with Gasteiger partial charge in [-0.25, -0.2) is 0 Å². The molecule has 2 aromatic carbocycles. The normalized spacial score (nSPS) is 11.5. The number of alkyl halides is 6. The minimum atomic E-state index is -4.56. The van der Waals surface area contributed by atoms with E-state index in [4.69, 9.17) is 28.4 Å². The number of methoxy groups -OCH3 is 4. The van der Waals surface area contributed by atoms with Crippen molar-refractivity contribution >= 4 is 23.2 Å². The van der Waals surface area contributed by atoms with Crippen molar-refractivity contribution in [1.29, 1.82) is 0 Å². The van der Waals surface area contributed by atoms with Crippen molar-refractivity contribution < 1.29 is 64.4 Å². The number of halogens is 6. The quantitative estimate of drug-likeness (QED) is 0.100. The molecule has 0 spiro atoms. The molecule has 13 nitrogen and oxygen atoms in total. The van der Waals surface area contributed by atoms with E-state index in [2.05, 4.69) is 20.6 Å². The lowest BCUT2D eigenvalue weighted by Gasteiger charge is -2.17. The zero-order chi connectivity index (χ0) is 41.0. The summed E-state index contributed by atoms with van der Waals surface area (Å²) < 4.78 is 107. The summed E-state index contributed by atoms with van der Waals surface area (Å²) in [6.07, 6.45) is -6.03. The van der Waals surface area contributed by atoms with Gasteiger partial charge in [-0.15, -0.1) is 0 Å². The third-order valence-electron chi connectivity index (χ3n) is 7.81. The Bertz CT molecular complexity index is 1760. The van der Waals surface area contributed by atoms with Crippen molar-refractivity contribution in [2.24, 2.45) is 0 Å². The van der Waals surface area contributed by atoms with Gasteiger partial charge < -0.3 is 44.0 Å². The van der Waals surface area contributed by atoms with Crippen LogP contribution in [-0.4, -0.2) is 101 Å². The predicted molar refractivity (Wildman–Crippen MR) is 193 cm³/mol. The van der Waals surface area contributed by atoms with E-state index in [0.29, 0.717) is 47.0 Å². The summed E-state index contributed by atoms with van der Waals surface area (Å²) in [6, 6.07) is 12.3. The molecular weight excluding hydrogens is 756 g/mol. The van der Waals surface area contributed by atoms with Crippen LogP contribution in [0.1, 0.15) is 12.8 Å². The van der Waals surface area contributed by atoms with Gasteiger partial charge in [-0.2, -0.15) is 26.3 Å². The number of ether oxygens (including phenoxy) is 6. The molecule has 0 aliphatic carbocycles. The largest absolute Gasteiger partial charge is 0.493 e. The highest BCUT2D eigenvalue weighted by Crippen LogP contribution is 2.43. The van der Waals surface area contributed by atoms with Gasteiger partial charge in [0.25, 0.3) is 0 Å². The molecule has 2 aromatic heterocycles. The van der Waals surface area contributed by atoms with Crippen LogP contribution in [0.5, 0.6) is 34.5 Å². The lowest BCUT2D eigenvalue weighted by Crippen LogP contribution is -2.27. The molecular formula is C37H39F6N5O8. The third kappa shape index (κ3) is 12.5. The molecule has 0 saturated carbocycles. The molecule has 0 saturated heterocycles. The van der Waals surface area contributed by atoms with Crippen LogP contribution < -0.4 is 39.1 Å². The molecule has 2 N–H and O–H groups in total. The highest BCUT2D eigenvalue weighted by Gasteiger charge is 2.31. The van der Waals surface area contributed by atoms with Crippen LogP contribution in [0.4, 0.5) is 37.7 Å². The maximum absolute atomic E-state index is 12.7. The second-order valence-corrected chi connectivity index (χ2v) is 12.0. The minimum Gasteiger partial charge on any atom is -0.493 e. The fourth-order valence-corrected chi connectivity index (χ4v) is 5.07. The number of amides is 2. The first kappa shape index (κ1) is 42.8. The number of hydrogen-bond donors (Lipinski definition) is 2. The van der Waals surface area contributed by atoms with Gasteiger partial charge in [-0.3, -0.25) is 19.6 Å². The van der Waals surface area contributed by atoms with Crippen LogP contribution in [0.3, 0.4) is 0 Å². The summed E-state index contributed by atoms with van der Waals surface area (Å²) in [5.74, 6) is -0.929. The van der Waals surface area contributed by atoms with Gasteiger partial charge in [0, 0.05) is 37.1 Å². The second-order valence-electron chi connectivity index (χ2n) is 12.0. The Labute approximate surface area is 317 Å². The summed E-state index contributed by atoms with van der Waals surface area (Å²) >= 11 is 0. The third-order valence-corrected chi connectivity index (χ3v) is 7.81. The first-order valence-electron chi connectivity index (χ1n) is 16.6. The number of benzene rings is 2. The molecule has 19 heteroatoms. The monoisotopic (exact) mass is 795 g/mol. The van der Waals surface area contributed by atoms with E-state index in [0.717, 1.165) is 0 Å². The molecule has 2 amide bonds. The molecule has 0 bridgehead atoms. The number of pyridine rings is 2. The Hall–Kier alpha value is -5.98. The number of nitrogens with zero attached hydrogens (tertiary/aromatic N) is 3. The van der Waals surface area contributed by atoms with Crippen LogP contribution in [0.15, 0.2) is 60.9 Å². The van der Waals surface area contributed by atoms with Crippen molar-refractivity contribution in [3.63, 3.8) is 0 Å². The molecule has 0 atom stereocenters. The van der Waals surface area contributed by atoms with Gasteiger partial charge >= 0.3 is 12.4 Å². The Morgan fingerprint density at radius 3 is 1.21 bits per heavy atom. The van der Waals surface area contributed by atoms with Gasteiger partial charge in [0.05, 0.1) is 63.6 Å². The SMILES string of the molecule is COc1cc(-c2ccc(NC(=O)CCN(C)CCC(=O)Nc3ccc(-c4cc(OC)c(OCC(F)(F)F)c(OC)c4)nc3)cn2)cc(OC)c1OCC(F)(F)F. The van der Waals surface area contributed by atoms with Gasteiger partial charge in [0.1, 0.15) is 0 Å². The summed E-state index contributed by atoms with van der Waals surface area (Å²) in [4.78, 5) is 35.8. The number of carbonyl (C=O) groups excluding carboxylic acids is 2. The molecule has 4 aromatic rings. The number of nitrogens with one attached hydrogen (secondary N) is 2. The zero-order valence-electron chi connectivity index (χ0n) is 30.9. The number of hydrogen-bond acceptors (Lipinski definition) is 11. The van der Waals surface area contributed by atoms with E-state index in [1.807, 2.05) is 4.90 Å². The maximum atomic E-state index is 12.7. The molecule has 4 rings (SSSR count). The summed E-state index contributed by atoms with van der Waals surface area (Å²) in [5, 5.41) is 5.50. The lowest BCUT2D eigenvalue weighted by molar-refractivity contribution is -0.154. The maximum Gasteiger partial charge on any atom is 0.422 e. The van der Waals surface area contributed by atoms with Crippen LogP contribution in [-0.2, 0) is 9.59 Å². The summed E-state index contributed by atoms with van der Waals surface area (Å²) in [5.41, 5.74) is 2.63. The second kappa shape index (κ2) is 19.1. The molecule has 0 radical (unpaired) electrons. The van der Waals surface area contributed by atoms with Gasteiger partial charge in [-0.05, 0) is 55.6 Å². The number of rotatable bonds is 18. The average molecular weight is 796 g/mol. The van der Waals surface area contributed by atoms with Crippen molar-refractivity contribution in [2.75, 3.05) is 72.4 Å². The first-order chi connectivity index (χ1) is 26.5. The molecule has 0 aliphatic rings. The molecule has 0 fully saturated rings. The van der Waals surface area contributed by atoms with Crippen molar-refractivity contribution in [3.8, 4) is 57.0 Å². The van der Waals surface area contributed by atoms with Crippen LogP contribution in [0, 0.1) is 0 Å². The number of anilines is 2. The number of carbonyl (C=O) groups is 2. The Morgan fingerprint density at radius 2 is 0.946 bits per heavy atom. The van der Waals surface area contributed by atoms with E-state index in [1.165, 1.54) is 65.1 Å². The smallest absolute Gasteiger partial charge is 0.422 e. The highest BCUT2D eigenvalue weighted by molar-refractivity contribution is 5.91. The van der Waals surface area contributed by atoms with Crippen LogP contribution >= 0.6 is 0 Å². The van der Waals surface area contributed by atoms with Crippen LogP contribution in [0.25, 0.3) is 22.5 Å².